The normalized spacial score (nSPS) is 10.3. The number of aromatic nitrogens is 1. The third kappa shape index (κ3) is 3.51. The SMILES string of the molecule is CCNc1ncc(C(=O)NCc2ccc(C)o2)cc1Cl. The maximum atomic E-state index is 12.0. The van der Waals surface area contributed by atoms with Gasteiger partial charge in [0.1, 0.15) is 17.3 Å². The molecule has 0 fully saturated rings. The van der Waals surface area contributed by atoms with Crippen LogP contribution >= 0.6 is 11.6 Å². The van der Waals surface area contributed by atoms with Crippen LogP contribution in [0, 0.1) is 6.92 Å². The lowest BCUT2D eigenvalue weighted by molar-refractivity contribution is 0.0947. The first-order chi connectivity index (χ1) is 9.60. The van der Waals surface area contributed by atoms with Crippen molar-refractivity contribution in [1.29, 1.82) is 0 Å². The molecule has 2 aromatic heterocycles. The van der Waals surface area contributed by atoms with Crippen molar-refractivity contribution in [3.8, 4) is 0 Å². The quantitative estimate of drug-likeness (QED) is 0.889. The standard InChI is InChI=1S/C14H16ClN3O2/c1-3-16-13-12(15)6-10(7-17-13)14(19)18-8-11-5-4-9(2)20-11/h4-7H,3,8H2,1-2H3,(H,16,17)(H,18,19). The summed E-state index contributed by atoms with van der Waals surface area (Å²) in [5, 5.41) is 6.19. The van der Waals surface area contributed by atoms with Gasteiger partial charge >= 0.3 is 0 Å². The van der Waals surface area contributed by atoms with E-state index in [0.29, 0.717) is 28.7 Å². The highest BCUT2D eigenvalue weighted by molar-refractivity contribution is 6.33. The molecule has 0 aliphatic rings. The zero-order valence-electron chi connectivity index (χ0n) is 11.4. The highest BCUT2D eigenvalue weighted by Crippen LogP contribution is 2.19. The Kier molecular flexibility index (Phi) is 4.63. The summed E-state index contributed by atoms with van der Waals surface area (Å²) in [6, 6.07) is 5.27. The van der Waals surface area contributed by atoms with E-state index in [1.54, 1.807) is 6.07 Å². The second-order valence-electron chi connectivity index (χ2n) is 4.28. The maximum absolute atomic E-state index is 12.0. The Morgan fingerprint density at radius 3 is 2.85 bits per heavy atom. The van der Waals surface area contributed by atoms with E-state index in [0.717, 1.165) is 12.3 Å². The third-order valence-corrected chi connectivity index (χ3v) is 2.95. The van der Waals surface area contributed by atoms with Crippen molar-refractivity contribution in [2.45, 2.75) is 20.4 Å². The molecular formula is C14H16ClN3O2. The molecule has 0 spiro atoms. The second-order valence-corrected chi connectivity index (χ2v) is 4.69. The summed E-state index contributed by atoms with van der Waals surface area (Å²) in [5.74, 6) is 1.86. The number of halogens is 1. The van der Waals surface area contributed by atoms with Crippen molar-refractivity contribution in [3.05, 3.63) is 46.5 Å². The molecule has 2 aromatic rings. The number of rotatable bonds is 5. The smallest absolute Gasteiger partial charge is 0.253 e. The van der Waals surface area contributed by atoms with Crippen molar-refractivity contribution in [3.63, 3.8) is 0 Å². The molecule has 0 bridgehead atoms. The lowest BCUT2D eigenvalue weighted by Gasteiger charge is -2.07. The number of furan rings is 1. The average molecular weight is 294 g/mol. The Bertz CT molecular complexity index is 610. The number of nitrogens with zero attached hydrogens (tertiary/aromatic N) is 1. The first-order valence-electron chi connectivity index (χ1n) is 6.33. The van der Waals surface area contributed by atoms with Crippen molar-refractivity contribution < 1.29 is 9.21 Å². The molecule has 5 nitrogen and oxygen atoms in total. The van der Waals surface area contributed by atoms with E-state index < -0.39 is 0 Å². The van der Waals surface area contributed by atoms with Crippen LogP contribution in [0.3, 0.4) is 0 Å². The number of aryl methyl sites for hydroxylation is 1. The fourth-order valence-electron chi connectivity index (χ4n) is 1.71. The molecule has 2 rings (SSSR count). The largest absolute Gasteiger partial charge is 0.465 e. The van der Waals surface area contributed by atoms with Crippen LogP contribution in [0.5, 0.6) is 0 Å². The fraction of sp³-hybridized carbons (Fsp3) is 0.286. The molecule has 0 saturated heterocycles. The van der Waals surface area contributed by atoms with E-state index in [-0.39, 0.29) is 5.91 Å². The number of nitrogens with one attached hydrogen (secondary N) is 2. The molecule has 6 heteroatoms. The third-order valence-electron chi connectivity index (χ3n) is 2.67. The van der Waals surface area contributed by atoms with E-state index in [9.17, 15) is 4.79 Å². The lowest BCUT2D eigenvalue weighted by Crippen LogP contribution is -2.22. The predicted octanol–water partition coefficient (Wildman–Crippen LogP) is 3.00. The van der Waals surface area contributed by atoms with E-state index >= 15 is 0 Å². The number of hydrogen-bond acceptors (Lipinski definition) is 4. The molecule has 20 heavy (non-hydrogen) atoms. The summed E-state index contributed by atoms with van der Waals surface area (Å²) in [7, 11) is 0. The molecule has 0 aliphatic heterocycles. The van der Waals surface area contributed by atoms with Crippen LogP contribution in [0.1, 0.15) is 28.8 Å². The fourth-order valence-corrected chi connectivity index (χ4v) is 1.94. The molecule has 0 radical (unpaired) electrons. The average Bonchev–Trinajstić information content (AvgIpc) is 2.84. The van der Waals surface area contributed by atoms with Crippen LogP contribution in [-0.2, 0) is 6.54 Å². The Balaban J connectivity index is 2.00. The van der Waals surface area contributed by atoms with Crippen LogP contribution in [-0.4, -0.2) is 17.4 Å². The van der Waals surface area contributed by atoms with Crippen LogP contribution in [0.4, 0.5) is 5.82 Å². The number of hydrogen-bond donors (Lipinski definition) is 2. The molecule has 1 amide bonds. The highest BCUT2D eigenvalue weighted by Gasteiger charge is 2.10. The van der Waals surface area contributed by atoms with Gasteiger partial charge in [0, 0.05) is 12.7 Å². The Labute approximate surface area is 122 Å². The zero-order chi connectivity index (χ0) is 14.5. The predicted molar refractivity (Wildman–Crippen MR) is 78.0 cm³/mol. The summed E-state index contributed by atoms with van der Waals surface area (Å²) >= 11 is 6.05. The molecule has 0 unspecified atom stereocenters. The molecule has 0 atom stereocenters. The summed E-state index contributed by atoms with van der Waals surface area (Å²) in [5.41, 5.74) is 0.417. The molecule has 2 heterocycles. The molecule has 2 N–H and O–H groups in total. The van der Waals surface area contributed by atoms with E-state index in [4.69, 9.17) is 16.0 Å². The van der Waals surface area contributed by atoms with Gasteiger partial charge in [-0.2, -0.15) is 0 Å². The highest BCUT2D eigenvalue weighted by atomic mass is 35.5. The zero-order valence-corrected chi connectivity index (χ0v) is 12.1. The molecule has 106 valence electrons. The van der Waals surface area contributed by atoms with Crippen LogP contribution < -0.4 is 10.6 Å². The van der Waals surface area contributed by atoms with Crippen molar-refractivity contribution in [2.24, 2.45) is 0 Å². The van der Waals surface area contributed by atoms with Crippen LogP contribution in [0.25, 0.3) is 0 Å². The van der Waals surface area contributed by atoms with Gasteiger partial charge in [0.2, 0.25) is 0 Å². The minimum atomic E-state index is -0.239. The van der Waals surface area contributed by atoms with Gasteiger partial charge in [0.25, 0.3) is 5.91 Å². The first kappa shape index (κ1) is 14.4. The Morgan fingerprint density at radius 1 is 1.45 bits per heavy atom. The molecule has 0 aromatic carbocycles. The van der Waals surface area contributed by atoms with Gasteiger partial charge in [-0.3, -0.25) is 4.79 Å². The Morgan fingerprint density at radius 2 is 2.25 bits per heavy atom. The minimum Gasteiger partial charge on any atom is -0.465 e. The van der Waals surface area contributed by atoms with Gasteiger partial charge in [-0.15, -0.1) is 0 Å². The van der Waals surface area contributed by atoms with Gasteiger partial charge in [-0.1, -0.05) is 11.6 Å². The minimum absolute atomic E-state index is 0.239. The van der Waals surface area contributed by atoms with E-state index in [1.807, 2.05) is 26.0 Å². The van der Waals surface area contributed by atoms with E-state index in [2.05, 4.69) is 15.6 Å². The first-order valence-corrected chi connectivity index (χ1v) is 6.71. The van der Waals surface area contributed by atoms with Gasteiger partial charge in [-0.25, -0.2) is 4.98 Å². The number of carbonyl (C=O) groups is 1. The molecule has 0 aliphatic carbocycles. The van der Waals surface area contributed by atoms with Crippen LogP contribution in [0.2, 0.25) is 5.02 Å². The van der Waals surface area contributed by atoms with Crippen molar-refractivity contribution >= 4 is 23.3 Å². The van der Waals surface area contributed by atoms with E-state index in [1.165, 1.54) is 6.20 Å². The van der Waals surface area contributed by atoms with Crippen LogP contribution in [0.15, 0.2) is 28.8 Å². The van der Waals surface area contributed by atoms with Gasteiger partial charge in [-0.05, 0) is 32.0 Å². The molecule has 0 saturated carbocycles. The maximum Gasteiger partial charge on any atom is 0.253 e. The summed E-state index contributed by atoms with van der Waals surface area (Å²) in [4.78, 5) is 16.1. The Hall–Kier alpha value is -2.01. The monoisotopic (exact) mass is 293 g/mol. The number of anilines is 1. The summed E-state index contributed by atoms with van der Waals surface area (Å²) < 4.78 is 5.38. The number of carbonyl (C=O) groups excluding carboxylic acids is 1. The molecular weight excluding hydrogens is 278 g/mol. The van der Waals surface area contributed by atoms with Crippen molar-refractivity contribution in [2.75, 3.05) is 11.9 Å². The van der Waals surface area contributed by atoms with Gasteiger partial charge in [0.15, 0.2) is 0 Å². The number of amides is 1. The second kappa shape index (κ2) is 6.43. The number of pyridine rings is 1. The topological polar surface area (TPSA) is 67.2 Å². The summed E-state index contributed by atoms with van der Waals surface area (Å²) in [6.07, 6.45) is 1.49. The van der Waals surface area contributed by atoms with Crippen molar-refractivity contribution in [1.82, 2.24) is 10.3 Å². The van der Waals surface area contributed by atoms with Gasteiger partial charge in [0.05, 0.1) is 17.1 Å². The lowest BCUT2D eigenvalue weighted by atomic mass is 10.2. The van der Waals surface area contributed by atoms with Gasteiger partial charge < -0.3 is 15.1 Å². The summed E-state index contributed by atoms with van der Waals surface area (Å²) in [6.45, 7) is 4.85.